The van der Waals surface area contributed by atoms with Crippen molar-refractivity contribution in [3.05, 3.63) is 63.9 Å². The molecule has 2 aromatic carbocycles. The predicted molar refractivity (Wildman–Crippen MR) is 134 cm³/mol. The molecule has 1 amide bonds. The monoisotopic (exact) mass is 448 g/mol. The Labute approximate surface area is 194 Å². The third-order valence-electron chi connectivity index (χ3n) is 6.23. The Balaban J connectivity index is 1.70. The van der Waals surface area contributed by atoms with Crippen LogP contribution in [0.3, 0.4) is 0 Å². The van der Waals surface area contributed by atoms with E-state index in [1.807, 2.05) is 38.1 Å². The molecule has 1 aliphatic rings. The molecule has 1 saturated heterocycles. The van der Waals surface area contributed by atoms with E-state index in [0.717, 1.165) is 37.4 Å². The van der Waals surface area contributed by atoms with E-state index in [9.17, 15) is 14.7 Å². The van der Waals surface area contributed by atoms with Crippen molar-refractivity contribution in [1.29, 1.82) is 0 Å². The first-order chi connectivity index (χ1) is 15.8. The van der Waals surface area contributed by atoms with Gasteiger partial charge in [0.15, 0.2) is 0 Å². The van der Waals surface area contributed by atoms with Crippen molar-refractivity contribution < 1.29 is 9.90 Å². The maximum absolute atomic E-state index is 13.3. The third-order valence-corrected chi connectivity index (χ3v) is 6.23. The third kappa shape index (κ3) is 4.59. The summed E-state index contributed by atoms with van der Waals surface area (Å²) in [6.07, 6.45) is 0. The first-order valence-electron chi connectivity index (χ1n) is 11.5. The number of aryl methyl sites for hydroxylation is 1. The van der Waals surface area contributed by atoms with Gasteiger partial charge in [0.05, 0.1) is 5.52 Å². The molecule has 0 unspecified atom stereocenters. The number of piperazine rings is 1. The van der Waals surface area contributed by atoms with Gasteiger partial charge in [0.2, 0.25) is 0 Å². The number of carbonyl (C=O) groups is 1. The van der Waals surface area contributed by atoms with Crippen molar-refractivity contribution in [2.24, 2.45) is 5.92 Å². The van der Waals surface area contributed by atoms with E-state index in [0.29, 0.717) is 23.1 Å². The average molecular weight is 449 g/mol. The van der Waals surface area contributed by atoms with E-state index in [1.54, 1.807) is 22.8 Å². The molecule has 3 aromatic rings. The van der Waals surface area contributed by atoms with Gasteiger partial charge in [0, 0.05) is 49.5 Å². The average Bonchev–Trinajstić information content (AvgIpc) is 2.78. The van der Waals surface area contributed by atoms with Crippen molar-refractivity contribution in [1.82, 2.24) is 9.47 Å². The summed E-state index contributed by atoms with van der Waals surface area (Å²) in [5.74, 6) is -0.678. The van der Waals surface area contributed by atoms with E-state index >= 15 is 0 Å². The van der Waals surface area contributed by atoms with Gasteiger partial charge in [-0.05, 0) is 49.7 Å². The molecule has 4 rings (SSSR count). The Hall–Kier alpha value is -3.32. The minimum Gasteiger partial charge on any atom is -0.506 e. The summed E-state index contributed by atoms with van der Waals surface area (Å²) in [5, 5.41) is 14.2. The number of anilines is 2. The Kier molecular flexibility index (Phi) is 6.42. The SMILES string of the molecule is Cc1ccc(NC(=O)c2c(O)c3ccccc3n(CC(C)C)c2=O)cc1N1CCN(C)CC1. The maximum Gasteiger partial charge on any atom is 0.267 e. The van der Waals surface area contributed by atoms with Gasteiger partial charge in [-0.1, -0.05) is 32.0 Å². The zero-order valence-electron chi connectivity index (χ0n) is 19.8. The summed E-state index contributed by atoms with van der Waals surface area (Å²) in [6, 6.07) is 12.9. The number of amides is 1. The zero-order valence-corrected chi connectivity index (χ0v) is 19.8. The Morgan fingerprint density at radius 1 is 1.09 bits per heavy atom. The predicted octanol–water partition coefficient (Wildman–Crippen LogP) is 3.68. The highest BCUT2D eigenvalue weighted by Gasteiger charge is 2.23. The van der Waals surface area contributed by atoms with Crippen molar-refractivity contribution in [2.75, 3.05) is 43.4 Å². The zero-order chi connectivity index (χ0) is 23.7. The number of benzene rings is 2. The van der Waals surface area contributed by atoms with Crippen LogP contribution in [0.5, 0.6) is 5.75 Å². The minimum atomic E-state index is -0.603. The number of hydrogen-bond donors (Lipinski definition) is 2. The van der Waals surface area contributed by atoms with Crippen molar-refractivity contribution in [3.8, 4) is 5.75 Å². The van der Waals surface area contributed by atoms with Crippen LogP contribution in [0, 0.1) is 12.8 Å². The Morgan fingerprint density at radius 2 is 1.79 bits per heavy atom. The number of rotatable bonds is 5. The molecule has 0 saturated carbocycles. The van der Waals surface area contributed by atoms with Gasteiger partial charge >= 0.3 is 0 Å². The molecule has 1 aromatic heterocycles. The summed E-state index contributed by atoms with van der Waals surface area (Å²) < 4.78 is 1.58. The lowest BCUT2D eigenvalue weighted by Crippen LogP contribution is -2.44. The lowest BCUT2D eigenvalue weighted by molar-refractivity contribution is 0.102. The molecule has 2 N–H and O–H groups in total. The van der Waals surface area contributed by atoms with Crippen LogP contribution >= 0.6 is 0 Å². The molecule has 174 valence electrons. The quantitative estimate of drug-likeness (QED) is 0.623. The first kappa shape index (κ1) is 22.9. The molecular weight excluding hydrogens is 416 g/mol. The van der Waals surface area contributed by atoms with Gasteiger partial charge in [-0.2, -0.15) is 0 Å². The topological polar surface area (TPSA) is 77.8 Å². The second-order valence-electron chi connectivity index (χ2n) is 9.30. The highest BCUT2D eigenvalue weighted by atomic mass is 16.3. The number of carbonyl (C=O) groups excluding carboxylic acids is 1. The number of fused-ring (bicyclic) bond motifs is 1. The number of likely N-dealkylation sites (N-methyl/N-ethyl adjacent to an activating group) is 1. The Bertz CT molecular complexity index is 1240. The van der Waals surface area contributed by atoms with E-state index in [2.05, 4.69) is 29.1 Å². The summed E-state index contributed by atoms with van der Waals surface area (Å²) in [5.41, 5.74) is 2.71. The number of aromatic nitrogens is 1. The van der Waals surface area contributed by atoms with Gasteiger partial charge in [0.25, 0.3) is 11.5 Å². The first-order valence-corrected chi connectivity index (χ1v) is 11.5. The number of para-hydroxylation sites is 1. The fraction of sp³-hybridized carbons (Fsp3) is 0.385. The molecule has 7 heteroatoms. The van der Waals surface area contributed by atoms with Crippen LogP contribution in [0.4, 0.5) is 11.4 Å². The van der Waals surface area contributed by atoms with E-state index in [-0.39, 0.29) is 17.2 Å². The molecule has 0 aliphatic carbocycles. The Morgan fingerprint density at radius 3 is 2.48 bits per heavy atom. The molecule has 1 aliphatic heterocycles. The van der Waals surface area contributed by atoms with Gasteiger partial charge in [0.1, 0.15) is 11.3 Å². The summed E-state index contributed by atoms with van der Waals surface area (Å²) in [7, 11) is 2.11. The van der Waals surface area contributed by atoms with Gasteiger partial charge in [-0.15, -0.1) is 0 Å². The normalized spacial score (nSPS) is 14.8. The number of nitrogens with zero attached hydrogens (tertiary/aromatic N) is 3. The number of aromatic hydroxyl groups is 1. The fourth-order valence-electron chi connectivity index (χ4n) is 4.41. The number of hydrogen-bond acceptors (Lipinski definition) is 5. The molecule has 0 radical (unpaired) electrons. The van der Waals surface area contributed by atoms with E-state index < -0.39 is 11.5 Å². The highest BCUT2D eigenvalue weighted by Crippen LogP contribution is 2.29. The van der Waals surface area contributed by atoms with Gasteiger partial charge in [-0.3, -0.25) is 9.59 Å². The van der Waals surface area contributed by atoms with Gasteiger partial charge in [-0.25, -0.2) is 0 Å². The molecule has 1 fully saturated rings. The second kappa shape index (κ2) is 9.27. The highest BCUT2D eigenvalue weighted by molar-refractivity contribution is 6.09. The molecule has 0 spiro atoms. The lowest BCUT2D eigenvalue weighted by Gasteiger charge is -2.35. The van der Waals surface area contributed by atoms with Crippen molar-refractivity contribution in [2.45, 2.75) is 27.3 Å². The number of pyridine rings is 1. The van der Waals surface area contributed by atoms with E-state index in [1.165, 1.54) is 0 Å². The molecule has 2 heterocycles. The van der Waals surface area contributed by atoms with Crippen molar-refractivity contribution >= 4 is 28.2 Å². The summed E-state index contributed by atoms with van der Waals surface area (Å²) >= 11 is 0. The lowest BCUT2D eigenvalue weighted by atomic mass is 10.1. The molecule has 33 heavy (non-hydrogen) atoms. The van der Waals surface area contributed by atoms with Crippen molar-refractivity contribution in [3.63, 3.8) is 0 Å². The molecule has 0 atom stereocenters. The molecule has 0 bridgehead atoms. The fourth-order valence-corrected chi connectivity index (χ4v) is 4.41. The van der Waals surface area contributed by atoms with Crippen LogP contribution in [0.15, 0.2) is 47.3 Å². The van der Waals surface area contributed by atoms with Crippen LogP contribution in [0.2, 0.25) is 0 Å². The standard InChI is InChI=1S/C26H32N4O3/c1-17(2)16-30-21-8-6-5-7-20(21)24(31)23(26(30)33)25(32)27-19-10-9-18(3)22(15-19)29-13-11-28(4)12-14-29/h5-10,15,17,31H,11-14,16H2,1-4H3,(H,27,32). The maximum atomic E-state index is 13.3. The summed E-state index contributed by atoms with van der Waals surface area (Å²) in [4.78, 5) is 31.2. The largest absolute Gasteiger partial charge is 0.506 e. The molecule has 7 nitrogen and oxygen atoms in total. The van der Waals surface area contributed by atoms with Gasteiger partial charge < -0.3 is 24.8 Å². The van der Waals surface area contributed by atoms with E-state index in [4.69, 9.17) is 0 Å². The second-order valence-corrected chi connectivity index (χ2v) is 9.30. The minimum absolute atomic E-state index is 0.204. The van der Waals surface area contributed by atoms with Crippen LogP contribution in [-0.2, 0) is 6.54 Å². The smallest absolute Gasteiger partial charge is 0.267 e. The van der Waals surface area contributed by atoms with Crippen LogP contribution in [0.25, 0.3) is 10.9 Å². The van der Waals surface area contributed by atoms with Crippen LogP contribution in [-0.4, -0.2) is 53.7 Å². The molecular formula is C26H32N4O3. The number of nitrogens with one attached hydrogen (secondary N) is 1. The van der Waals surface area contributed by atoms with Crippen LogP contribution in [0.1, 0.15) is 29.8 Å². The summed E-state index contributed by atoms with van der Waals surface area (Å²) in [6.45, 7) is 10.3. The van der Waals surface area contributed by atoms with Crippen LogP contribution < -0.4 is 15.8 Å².